The van der Waals surface area contributed by atoms with Crippen molar-refractivity contribution in [1.82, 2.24) is 0 Å². The minimum Gasteiger partial charge on any atom is -0.425 e. The molecule has 1 aliphatic heterocycles. The van der Waals surface area contributed by atoms with E-state index in [9.17, 15) is 19.2 Å². The molecule has 2 atom stereocenters. The fourth-order valence-corrected chi connectivity index (χ4v) is 3.91. The van der Waals surface area contributed by atoms with Crippen LogP contribution in [-0.2, 0) is 14.4 Å². The van der Waals surface area contributed by atoms with E-state index in [1.54, 1.807) is 54.6 Å². The number of benzene rings is 2. The number of hydrogen-bond donors (Lipinski definition) is 0. The molecule has 0 aromatic heterocycles. The van der Waals surface area contributed by atoms with E-state index in [4.69, 9.17) is 4.74 Å². The Kier molecular flexibility index (Phi) is 3.99. The van der Waals surface area contributed by atoms with Gasteiger partial charge in [0.15, 0.2) is 5.78 Å². The number of rotatable bonds is 3. The van der Waals surface area contributed by atoms with Crippen molar-refractivity contribution in [3.05, 3.63) is 65.7 Å². The highest BCUT2D eigenvalue weighted by molar-refractivity contribution is 6.16. The van der Waals surface area contributed by atoms with E-state index < -0.39 is 29.5 Å². The Balaban J connectivity index is 1.84. The van der Waals surface area contributed by atoms with Crippen LogP contribution in [0.1, 0.15) is 34.7 Å². The summed E-state index contributed by atoms with van der Waals surface area (Å²) in [4.78, 5) is 50.6. The second-order valence-corrected chi connectivity index (χ2v) is 6.61. The topological polar surface area (TPSA) is 77.5 Å². The van der Waals surface area contributed by atoms with E-state index in [1.165, 1.54) is 0 Å². The quantitative estimate of drug-likeness (QED) is 0.484. The number of ketones is 3. The molecule has 2 aliphatic rings. The predicted molar refractivity (Wildman–Crippen MR) is 91.8 cm³/mol. The van der Waals surface area contributed by atoms with Crippen molar-refractivity contribution >= 4 is 23.3 Å². The molecule has 2 aromatic rings. The Morgan fingerprint density at radius 1 is 0.769 bits per heavy atom. The van der Waals surface area contributed by atoms with Crippen LogP contribution in [0.15, 0.2) is 54.6 Å². The zero-order valence-corrected chi connectivity index (χ0v) is 13.9. The highest BCUT2D eigenvalue weighted by atomic mass is 16.5. The minimum absolute atomic E-state index is 0.152. The van der Waals surface area contributed by atoms with Crippen LogP contribution < -0.4 is 4.74 Å². The first-order valence-electron chi connectivity index (χ1n) is 8.53. The molecule has 5 nitrogen and oxygen atoms in total. The van der Waals surface area contributed by atoms with Crippen LogP contribution in [0.3, 0.4) is 0 Å². The van der Waals surface area contributed by atoms with Crippen molar-refractivity contribution in [2.45, 2.75) is 18.8 Å². The molecule has 1 fully saturated rings. The Hall–Kier alpha value is -3.08. The van der Waals surface area contributed by atoms with Gasteiger partial charge in [0.1, 0.15) is 23.2 Å². The van der Waals surface area contributed by atoms with Gasteiger partial charge >= 0.3 is 5.97 Å². The smallest absolute Gasteiger partial charge is 0.322 e. The summed E-state index contributed by atoms with van der Waals surface area (Å²) in [5.74, 6) is -4.37. The molecule has 0 N–H and O–H groups in total. The molecule has 130 valence electrons. The van der Waals surface area contributed by atoms with Gasteiger partial charge in [-0.3, -0.25) is 19.2 Å². The fourth-order valence-electron chi connectivity index (χ4n) is 3.91. The molecule has 5 heteroatoms. The van der Waals surface area contributed by atoms with Gasteiger partial charge in [-0.05, 0) is 17.7 Å². The maximum atomic E-state index is 13.1. The van der Waals surface area contributed by atoms with Crippen molar-refractivity contribution in [1.29, 1.82) is 0 Å². The number of hydrogen-bond acceptors (Lipinski definition) is 5. The Morgan fingerprint density at radius 2 is 1.38 bits per heavy atom. The second-order valence-electron chi connectivity index (χ2n) is 6.61. The van der Waals surface area contributed by atoms with E-state index in [-0.39, 0.29) is 30.2 Å². The molecular formula is C21H16O5. The summed E-state index contributed by atoms with van der Waals surface area (Å²) in [5.41, 5.74) is 0.923. The summed E-state index contributed by atoms with van der Waals surface area (Å²) < 4.78 is 5.37. The number of carbonyl (C=O) groups excluding carboxylic acids is 4. The van der Waals surface area contributed by atoms with Gasteiger partial charge in [0.05, 0.1) is 11.5 Å². The highest BCUT2D eigenvalue weighted by Gasteiger charge is 2.50. The first kappa shape index (κ1) is 16.4. The molecule has 0 saturated heterocycles. The lowest BCUT2D eigenvalue weighted by Crippen LogP contribution is -2.42. The predicted octanol–water partition coefficient (Wildman–Crippen LogP) is 2.74. The Morgan fingerprint density at radius 3 is 2.08 bits per heavy atom. The molecule has 0 bridgehead atoms. The minimum atomic E-state index is -1.21. The summed E-state index contributed by atoms with van der Waals surface area (Å²) in [6, 6.07) is 15.3. The largest absolute Gasteiger partial charge is 0.425 e. The van der Waals surface area contributed by atoms with Crippen molar-refractivity contribution in [2.75, 3.05) is 0 Å². The summed E-state index contributed by atoms with van der Waals surface area (Å²) in [5, 5.41) is 0. The first-order valence-corrected chi connectivity index (χ1v) is 8.53. The SMILES string of the molecule is O=C1CCC(=O)C1C(c1ccccc1)C1C(=O)Oc2ccccc2C1=O. The average molecular weight is 348 g/mol. The van der Waals surface area contributed by atoms with Crippen LogP contribution in [0.2, 0.25) is 0 Å². The lowest BCUT2D eigenvalue weighted by atomic mass is 9.71. The van der Waals surface area contributed by atoms with E-state index >= 15 is 0 Å². The average Bonchev–Trinajstić information content (AvgIpc) is 2.98. The van der Waals surface area contributed by atoms with Crippen molar-refractivity contribution in [2.24, 2.45) is 11.8 Å². The van der Waals surface area contributed by atoms with Crippen molar-refractivity contribution < 1.29 is 23.9 Å². The van der Waals surface area contributed by atoms with Gasteiger partial charge in [0.25, 0.3) is 0 Å². The van der Waals surface area contributed by atoms with Gasteiger partial charge in [0.2, 0.25) is 0 Å². The lowest BCUT2D eigenvalue weighted by molar-refractivity contribution is -0.140. The normalized spacial score (nSPS) is 21.5. The molecule has 2 aromatic carbocycles. The van der Waals surface area contributed by atoms with Gasteiger partial charge in [-0.2, -0.15) is 0 Å². The third-order valence-corrected chi connectivity index (χ3v) is 5.11. The second kappa shape index (κ2) is 6.33. The number of carbonyl (C=O) groups is 4. The highest BCUT2D eigenvalue weighted by Crippen LogP contribution is 2.42. The molecule has 4 rings (SSSR count). The summed E-state index contributed by atoms with van der Waals surface area (Å²) in [6.07, 6.45) is 0.304. The number of ether oxygens (including phenoxy) is 1. The molecule has 0 radical (unpaired) electrons. The van der Waals surface area contributed by atoms with Gasteiger partial charge in [-0.25, -0.2) is 0 Å². The first-order chi connectivity index (χ1) is 12.6. The van der Waals surface area contributed by atoms with E-state index in [2.05, 4.69) is 0 Å². The van der Waals surface area contributed by atoms with Crippen LogP contribution in [0, 0.1) is 11.8 Å². The molecule has 1 heterocycles. The monoisotopic (exact) mass is 348 g/mol. The Labute approximate surface area is 150 Å². The molecule has 1 saturated carbocycles. The number of para-hydroxylation sites is 1. The molecule has 0 amide bonds. The molecule has 26 heavy (non-hydrogen) atoms. The Bertz CT molecular complexity index is 899. The fraction of sp³-hybridized carbons (Fsp3) is 0.238. The van der Waals surface area contributed by atoms with Crippen LogP contribution in [-0.4, -0.2) is 23.3 Å². The maximum absolute atomic E-state index is 13.1. The van der Waals surface area contributed by atoms with Gasteiger partial charge < -0.3 is 4.74 Å². The van der Waals surface area contributed by atoms with Gasteiger partial charge in [-0.15, -0.1) is 0 Å². The molecule has 2 unspecified atom stereocenters. The van der Waals surface area contributed by atoms with Gasteiger partial charge in [-0.1, -0.05) is 42.5 Å². The summed E-state index contributed by atoms with van der Waals surface area (Å²) >= 11 is 0. The van der Waals surface area contributed by atoms with Crippen LogP contribution in [0.4, 0.5) is 0 Å². The van der Waals surface area contributed by atoms with Crippen molar-refractivity contribution in [3.8, 4) is 5.75 Å². The van der Waals surface area contributed by atoms with E-state index in [1.807, 2.05) is 0 Å². The zero-order valence-electron chi connectivity index (χ0n) is 13.9. The number of fused-ring (bicyclic) bond motifs is 1. The lowest BCUT2D eigenvalue weighted by Gasteiger charge is -2.31. The van der Waals surface area contributed by atoms with Crippen LogP contribution in [0.5, 0.6) is 5.75 Å². The third kappa shape index (κ3) is 2.56. The summed E-state index contributed by atoms with van der Waals surface area (Å²) in [6.45, 7) is 0. The molecule has 0 spiro atoms. The maximum Gasteiger partial charge on any atom is 0.322 e. The standard InChI is InChI=1S/C21H16O5/c22-14-10-11-15(23)18(14)17(12-6-2-1-3-7-12)19-20(24)13-8-4-5-9-16(13)26-21(19)25/h1-9,17-19H,10-11H2. The zero-order chi connectivity index (χ0) is 18.3. The molecular weight excluding hydrogens is 332 g/mol. The van der Waals surface area contributed by atoms with Crippen molar-refractivity contribution in [3.63, 3.8) is 0 Å². The van der Waals surface area contributed by atoms with E-state index in [0.29, 0.717) is 11.1 Å². The van der Waals surface area contributed by atoms with Crippen LogP contribution >= 0.6 is 0 Å². The van der Waals surface area contributed by atoms with E-state index in [0.717, 1.165) is 0 Å². The van der Waals surface area contributed by atoms with Crippen LogP contribution in [0.25, 0.3) is 0 Å². The number of Topliss-reactive ketones (excluding diaryl/α,β-unsaturated/α-hetero) is 3. The molecule has 1 aliphatic carbocycles. The third-order valence-electron chi connectivity index (χ3n) is 5.11. The van der Waals surface area contributed by atoms with Gasteiger partial charge in [0, 0.05) is 18.8 Å². The summed E-state index contributed by atoms with van der Waals surface area (Å²) in [7, 11) is 0. The number of esters is 1.